The summed E-state index contributed by atoms with van der Waals surface area (Å²) in [5.74, 6) is -0.194. The minimum absolute atomic E-state index is 0.194. The Hall–Kier alpha value is -1.06. The maximum Gasteiger partial charge on any atom is 0.181 e. The molecule has 0 spiro atoms. The van der Waals surface area contributed by atoms with Crippen molar-refractivity contribution >= 4 is 23.1 Å². The zero-order chi connectivity index (χ0) is 10.0. The molecule has 0 fully saturated rings. The van der Waals surface area contributed by atoms with Gasteiger partial charge in [0, 0.05) is 5.56 Å². The molecular formula is C9H11ClN2O. The molecule has 70 valence electrons. The number of carbonyl (C=O) groups excluding carboxylic acids is 1. The van der Waals surface area contributed by atoms with E-state index in [1.807, 2.05) is 0 Å². The molecule has 0 bridgehead atoms. The zero-order valence-corrected chi connectivity index (χ0v) is 8.01. The smallest absolute Gasteiger partial charge is 0.181 e. The van der Waals surface area contributed by atoms with Gasteiger partial charge in [-0.05, 0) is 19.1 Å². The lowest BCUT2D eigenvalue weighted by molar-refractivity contribution is 0.0969. The van der Waals surface area contributed by atoms with E-state index in [0.29, 0.717) is 16.3 Å². The van der Waals surface area contributed by atoms with Gasteiger partial charge in [-0.1, -0.05) is 17.7 Å². The first-order valence-corrected chi connectivity index (χ1v) is 4.25. The molecular weight excluding hydrogens is 188 g/mol. The predicted octanol–water partition coefficient (Wildman–Crippen LogP) is 1.45. The SMILES string of the molecule is CC(N)C(=O)c1cccc(Cl)c1N. The predicted molar refractivity (Wildman–Crippen MR) is 53.8 cm³/mol. The number of rotatable bonds is 2. The van der Waals surface area contributed by atoms with E-state index in [9.17, 15) is 4.79 Å². The van der Waals surface area contributed by atoms with Crippen molar-refractivity contribution < 1.29 is 4.79 Å². The number of carbonyl (C=O) groups is 1. The van der Waals surface area contributed by atoms with Crippen molar-refractivity contribution in [2.75, 3.05) is 5.73 Å². The molecule has 13 heavy (non-hydrogen) atoms. The van der Waals surface area contributed by atoms with Crippen molar-refractivity contribution in [1.82, 2.24) is 0 Å². The van der Waals surface area contributed by atoms with Crippen LogP contribution in [0.2, 0.25) is 5.02 Å². The molecule has 1 unspecified atom stereocenters. The fourth-order valence-electron chi connectivity index (χ4n) is 0.997. The van der Waals surface area contributed by atoms with Crippen molar-refractivity contribution in [3.63, 3.8) is 0 Å². The molecule has 3 nitrogen and oxygen atoms in total. The number of halogens is 1. The molecule has 0 heterocycles. The van der Waals surface area contributed by atoms with E-state index in [0.717, 1.165) is 0 Å². The van der Waals surface area contributed by atoms with Crippen LogP contribution in [0.5, 0.6) is 0 Å². The maximum atomic E-state index is 11.5. The van der Waals surface area contributed by atoms with E-state index in [1.165, 1.54) is 0 Å². The molecule has 4 N–H and O–H groups in total. The summed E-state index contributed by atoms with van der Waals surface area (Å²) >= 11 is 5.74. The lowest BCUT2D eigenvalue weighted by atomic mass is 10.0. The third-order valence-corrected chi connectivity index (χ3v) is 2.06. The summed E-state index contributed by atoms with van der Waals surface area (Å²) in [4.78, 5) is 11.5. The molecule has 0 saturated carbocycles. The molecule has 1 aromatic carbocycles. The molecule has 1 rings (SSSR count). The molecule has 4 heteroatoms. The van der Waals surface area contributed by atoms with Crippen molar-refractivity contribution in [2.24, 2.45) is 5.73 Å². The molecule has 1 atom stereocenters. The number of hydrogen-bond donors (Lipinski definition) is 2. The molecule has 0 radical (unpaired) electrons. The molecule has 0 aromatic heterocycles. The Morgan fingerprint density at radius 3 is 2.69 bits per heavy atom. The molecule has 0 aliphatic carbocycles. The van der Waals surface area contributed by atoms with Gasteiger partial charge in [-0.25, -0.2) is 0 Å². The van der Waals surface area contributed by atoms with Gasteiger partial charge in [0.15, 0.2) is 5.78 Å². The van der Waals surface area contributed by atoms with E-state index < -0.39 is 6.04 Å². The molecule has 0 amide bonds. The summed E-state index contributed by atoms with van der Waals surface area (Å²) in [7, 11) is 0. The number of Topliss-reactive ketones (excluding diaryl/α,β-unsaturated/α-hetero) is 1. The zero-order valence-electron chi connectivity index (χ0n) is 7.25. The number of nitrogens with two attached hydrogens (primary N) is 2. The van der Waals surface area contributed by atoms with Crippen LogP contribution < -0.4 is 11.5 Å². The van der Waals surface area contributed by atoms with Crippen LogP contribution in [0.4, 0.5) is 5.69 Å². The Labute approximate surface area is 81.7 Å². The van der Waals surface area contributed by atoms with E-state index in [1.54, 1.807) is 25.1 Å². The van der Waals surface area contributed by atoms with E-state index in [4.69, 9.17) is 23.1 Å². The number of ketones is 1. The number of benzene rings is 1. The lowest BCUT2D eigenvalue weighted by Crippen LogP contribution is -2.27. The van der Waals surface area contributed by atoms with Gasteiger partial charge in [0.05, 0.1) is 16.8 Å². The topological polar surface area (TPSA) is 69.1 Å². The van der Waals surface area contributed by atoms with Crippen LogP contribution in [0.3, 0.4) is 0 Å². The monoisotopic (exact) mass is 198 g/mol. The minimum atomic E-state index is -0.555. The quantitative estimate of drug-likeness (QED) is 0.558. The fraction of sp³-hybridized carbons (Fsp3) is 0.222. The maximum absolute atomic E-state index is 11.5. The number of para-hydroxylation sites is 1. The van der Waals surface area contributed by atoms with Crippen LogP contribution in [-0.4, -0.2) is 11.8 Å². The Morgan fingerprint density at radius 2 is 2.15 bits per heavy atom. The summed E-state index contributed by atoms with van der Waals surface area (Å²) in [5.41, 5.74) is 11.7. The normalized spacial score (nSPS) is 12.5. The molecule has 0 aliphatic heterocycles. The van der Waals surface area contributed by atoms with Gasteiger partial charge in [-0.15, -0.1) is 0 Å². The number of hydrogen-bond acceptors (Lipinski definition) is 3. The molecule has 1 aromatic rings. The van der Waals surface area contributed by atoms with Crippen molar-refractivity contribution in [3.05, 3.63) is 28.8 Å². The number of nitrogen functional groups attached to an aromatic ring is 1. The van der Waals surface area contributed by atoms with Crippen LogP contribution in [0.25, 0.3) is 0 Å². The van der Waals surface area contributed by atoms with Crippen molar-refractivity contribution in [2.45, 2.75) is 13.0 Å². The van der Waals surface area contributed by atoms with Crippen LogP contribution >= 0.6 is 11.6 Å². The summed E-state index contributed by atoms with van der Waals surface area (Å²) in [5, 5.41) is 0.381. The van der Waals surface area contributed by atoms with Crippen molar-refractivity contribution in [1.29, 1.82) is 0 Å². The van der Waals surface area contributed by atoms with Crippen molar-refractivity contribution in [3.8, 4) is 0 Å². The van der Waals surface area contributed by atoms with Crippen LogP contribution in [0.1, 0.15) is 17.3 Å². The van der Waals surface area contributed by atoms with Gasteiger partial charge in [0.2, 0.25) is 0 Å². The van der Waals surface area contributed by atoms with Gasteiger partial charge in [0.1, 0.15) is 0 Å². The Balaban J connectivity index is 3.15. The van der Waals surface area contributed by atoms with E-state index >= 15 is 0 Å². The third kappa shape index (κ3) is 1.99. The highest BCUT2D eigenvalue weighted by Gasteiger charge is 2.14. The van der Waals surface area contributed by atoms with Crippen LogP contribution in [-0.2, 0) is 0 Å². The second kappa shape index (κ2) is 3.77. The summed E-state index contributed by atoms with van der Waals surface area (Å²) in [6, 6.07) is 4.37. The third-order valence-electron chi connectivity index (χ3n) is 1.73. The highest BCUT2D eigenvalue weighted by atomic mass is 35.5. The Bertz CT molecular complexity index is 336. The van der Waals surface area contributed by atoms with Gasteiger partial charge in [0.25, 0.3) is 0 Å². The Kier molecular flexibility index (Phi) is 2.90. The van der Waals surface area contributed by atoms with E-state index in [2.05, 4.69) is 0 Å². The molecule has 0 aliphatic rings. The van der Waals surface area contributed by atoms with Gasteiger partial charge >= 0.3 is 0 Å². The Morgan fingerprint density at radius 1 is 1.54 bits per heavy atom. The average molecular weight is 199 g/mol. The summed E-state index contributed by atoms with van der Waals surface area (Å²) in [6.07, 6.45) is 0. The first-order chi connectivity index (χ1) is 6.04. The lowest BCUT2D eigenvalue weighted by Gasteiger charge is -2.07. The van der Waals surface area contributed by atoms with Gasteiger partial charge in [-0.2, -0.15) is 0 Å². The minimum Gasteiger partial charge on any atom is -0.397 e. The van der Waals surface area contributed by atoms with Crippen LogP contribution in [0.15, 0.2) is 18.2 Å². The van der Waals surface area contributed by atoms with Crippen LogP contribution in [0, 0.1) is 0 Å². The van der Waals surface area contributed by atoms with Gasteiger partial charge in [-0.3, -0.25) is 4.79 Å². The first-order valence-electron chi connectivity index (χ1n) is 3.88. The second-order valence-corrected chi connectivity index (χ2v) is 3.26. The highest BCUT2D eigenvalue weighted by molar-refractivity contribution is 6.34. The first kappa shape index (κ1) is 10.0. The summed E-state index contributed by atoms with van der Waals surface area (Å²) in [6.45, 7) is 1.61. The largest absolute Gasteiger partial charge is 0.397 e. The number of anilines is 1. The van der Waals surface area contributed by atoms with E-state index in [-0.39, 0.29) is 5.78 Å². The fourth-order valence-corrected chi connectivity index (χ4v) is 1.17. The average Bonchev–Trinajstić information content (AvgIpc) is 2.08. The molecule has 0 saturated heterocycles. The van der Waals surface area contributed by atoms with Gasteiger partial charge < -0.3 is 11.5 Å². The second-order valence-electron chi connectivity index (χ2n) is 2.85. The highest BCUT2D eigenvalue weighted by Crippen LogP contribution is 2.23. The summed E-state index contributed by atoms with van der Waals surface area (Å²) < 4.78 is 0. The standard InChI is InChI=1S/C9H11ClN2O/c1-5(11)9(13)6-3-2-4-7(10)8(6)12/h2-5H,11-12H2,1H3.